The predicted molar refractivity (Wildman–Crippen MR) is 114 cm³/mol. The molecule has 5 nitrogen and oxygen atoms in total. The molecule has 0 amide bonds. The van der Waals surface area contributed by atoms with E-state index in [1.165, 1.54) is 0 Å². The van der Waals surface area contributed by atoms with Gasteiger partial charge in [-0.1, -0.05) is 67.9 Å². The van der Waals surface area contributed by atoms with Crippen LogP contribution < -0.4 is 5.32 Å². The van der Waals surface area contributed by atoms with Crippen LogP contribution in [0.15, 0.2) is 65.9 Å². The number of benzene rings is 2. The summed E-state index contributed by atoms with van der Waals surface area (Å²) < 4.78 is 1.82. The minimum Gasteiger partial charge on any atom is -0.328 e. The third kappa shape index (κ3) is 3.06. The number of nitrogens with zero attached hydrogens (tertiary/aromatic N) is 3. The number of nitrogens with one attached hydrogen (secondary N) is 1. The molecule has 0 radical (unpaired) electrons. The lowest BCUT2D eigenvalue weighted by Crippen LogP contribution is -2.36. The zero-order valence-electron chi connectivity index (χ0n) is 16.3. The Labute approximate surface area is 174 Å². The molecule has 29 heavy (non-hydrogen) atoms. The summed E-state index contributed by atoms with van der Waals surface area (Å²) in [6.45, 7) is 4.25. The van der Waals surface area contributed by atoms with Gasteiger partial charge in [-0.15, -0.1) is 5.10 Å². The van der Waals surface area contributed by atoms with E-state index in [9.17, 15) is 4.79 Å². The summed E-state index contributed by atoms with van der Waals surface area (Å²) in [7, 11) is 0. The van der Waals surface area contributed by atoms with Crippen LogP contribution in [0.1, 0.15) is 38.3 Å². The molecule has 1 aromatic heterocycles. The topological polar surface area (TPSA) is 59.8 Å². The highest BCUT2D eigenvalue weighted by molar-refractivity contribution is 6.33. The van der Waals surface area contributed by atoms with Crippen LogP contribution in [-0.4, -0.2) is 20.5 Å². The smallest absolute Gasteiger partial charge is 0.226 e. The number of carbonyl (C=O) groups is 1. The van der Waals surface area contributed by atoms with Crippen LogP contribution in [0.2, 0.25) is 5.02 Å². The third-order valence-corrected chi connectivity index (χ3v) is 5.89. The fraction of sp³-hybridized carbons (Fsp3) is 0.261. The molecule has 2 heterocycles. The van der Waals surface area contributed by atoms with E-state index in [1.54, 1.807) is 0 Å². The van der Waals surface area contributed by atoms with Crippen LogP contribution in [0.25, 0.3) is 11.4 Å². The van der Waals surface area contributed by atoms with Crippen molar-refractivity contribution in [3.05, 3.63) is 76.5 Å². The van der Waals surface area contributed by atoms with Gasteiger partial charge in [-0.25, -0.2) is 4.68 Å². The highest BCUT2D eigenvalue weighted by Gasteiger charge is 2.41. The van der Waals surface area contributed by atoms with Gasteiger partial charge in [-0.2, -0.15) is 4.98 Å². The molecule has 6 heteroatoms. The molecule has 0 saturated heterocycles. The summed E-state index contributed by atoms with van der Waals surface area (Å²) in [6.07, 6.45) is 1.32. The normalized spacial score (nSPS) is 20.1. The zero-order valence-corrected chi connectivity index (χ0v) is 17.1. The standard InChI is InChI=1S/C23H21ClN4O/c1-23(2)12-17-19(18(29)13-23)20(14-8-4-3-5-9-14)28-22(25-17)26-21(27-28)15-10-6-7-11-16(15)24/h3-11,20H,12-13H2,1-2H3,(H,25,26,27). The summed E-state index contributed by atoms with van der Waals surface area (Å²) in [6, 6.07) is 17.3. The Balaban J connectivity index is 1.70. The van der Waals surface area contributed by atoms with E-state index < -0.39 is 0 Å². The monoisotopic (exact) mass is 404 g/mol. The second-order valence-electron chi connectivity index (χ2n) is 8.45. The fourth-order valence-corrected chi connectivity index (χ4v) is 4.53. The van der Waals surface area contributed by atoms with Crippen molar-refractivity contribution in [3.8, 4) is 11.4 Å². The molecule has 2 aromatic carbocycles. The number of Topliss-reactive ketones (excluding diaryl/α,β-unsaturated/α-hetero) is 1. The number of rotatable bonds is 2. The molecule has 0 spiro atoms. The van der Waals surface area contributed by atoms with Gasteiger partial charge in [-0.05, 0) is 29.5 Å². The van der Waals surface area contributed by atoms with Crippen molar-refractivity contribution in [1.82, 2.24) is 14.8 Å². The van der Waals surface area contributed by atoms with Crippen LogP contribution in [0.4, 0.5) is 5.95 Å². The van der Waals surface area contributed by atoms with Gasteiger partial charge in [-0.3, -0.25) is 4.79 Å². The van der Waals surface area contributed by atoms with Gasteiger partial charge in [0.25, 0.3) is 0 Å². The van der Waals surface area contributed by atoms with Crippen LogP contribution in [0.3, 0.4) is 0 Å². The van der Waals surface area contributed by atoms with Crippen LogP contribution in [0.5, 0.6) is 0 Å². The van der Waals surface area contributed by atoms with E-state index in [1.807, 2.05) is 59.3 Å². The first-order chi connectivity index (χ1) is 13.9. The SMILES string of the molecule is CC1(C)CC(=O)C2=C(C1)Nc1nc(-c3ccccc3Cl)nn1C2c1ccccc1. The van der Waals surface area contributed by atoms with Gasteiger partial charge in [0.2, 0.25) is 5.95 Å². The Kier molecular flexibility index (Phi) is 4.10. The number of hydrogen-bond donors (Lipinski definition) is 1. The minimum atomic E-state index is -0.296. The molecule has 1 aliphatic heterocycles. The van der Waals surface area contributed by atoms with Gasteiger partial charge in [0.1, 0.15) is 6.04 Å². The van der Waals surface area contributed by atoms with Crippen LogP contribution in [-0.2, 0) is 4.79 Å². The number of anilines is 1. The van der Waals surface area contributed by atoms with E-state index in [0.717, 1.165) is 28.8 Å². The summed E-state index contributed by atoms with van der Waals surface area (Å²) in [5.41, 5.74) is 3.45. The molecule has 0 fully saturated rings. The fourth-order valence-electron chi connectivity index (χ4n) is 4.31. The number of fused-ring (bicyclic) bond motifs is 1. The second kappa shape index (κ2) is 6.56. The highest BCUT2D eigenvalue weighted by atomic mass is 35.5. The molecular formula is C23H21ClN4O. The largest absolute Gasteiger partial charge is 0.328 e. The van der Waals surface area contributed by atoms with Gasteiger partial charge in [0.15, 0.2) is 11.6 Å². The Hall–Kier alpha value is -2.92. The van der Waals surface area contributed by atoms with E-state index in [0.29, 0.717) is 23.2 Å². The maximum absolute atomic E-state index is 13.2. The Bertz CT molecular complexity index is 1150. The van der Waals surface area contributed by atoms with Gasteiger partial charge < -0.3 is 5.32 Å². The average molecular weight is 405 g/mol. The lowest BCUT2D eigenvalue weighted by Gasteiger charge is -2.38. The van der Waals surface area contributed by atoms with Gasteiger partial charge in [0, 0.05) is 23.3 Å². The number of halogens is 1. The van der Waals surface area contributed by atoms with Crippen LogP contribution >= 0.6 is 11.6 Å². The van der Waals surface area contributed by atoms with E-state index in [-0.39, 0.29) is 17.2 Å². The van der Waals surface area contributed by atoms with Gasteiger partial charge in [0.05, 0.1) is 5.02 Å². The molecule has 1 aliphatic carbocycles. The van der Waals surface area contributed by atoms with Crippen molar-refractivity contribution in [1.29, 1.82) is 0 Å². The summed E-state index contributed by atoms with van der Waals surface area (Å²) in [5.74, 6) is 1.35. The Morgan fingerprint density at radius 2 is 1.79 bits per heavy atom. The highest BCUT2D eigenvalue weighted by Crippen LogP contribution is 2.45. The van der Waals surface area contributed by atoms with E-state index >= 15 is 0 Å². The maximum atomic E-state index is 13.2. The van der Waals surface area contributed by atoms with E-state index in [2.05, 4.69) is 19.2 Å². The number of hydrogen-bond acceptors (Lipinski definition) is 4. The zero-order chi connectivity index (χ0) is 20.2. The first-order valence-electron chi connectivity index (χ1n) is 9.73. The quantitative estimate of drug-likeness (QED) is 0.633. The van der Waals surface area contributed by atoms with Crippen molar-refractivity contribution >= 4 is 23.3 Å². The molecule has 1 unspecified atom stereocenters. The molecule has 0 saturated carbocycles. The molecule has 1 N–H and O–H groups in total. The summed E-state index contributed by atoms with van der Waals surface area (Å²) in [4.78, 5) is 17.9. The average Bonchev–Trinajstić information content (AvgIpc) is 3.09. The molecule has 1 atom stereocenters. The minimum absolute atomic E-state index is 0.0854. The maximum Gasteiger partial charge on any atom is 0.226 e. The molecular weight excluding hydrogens is 384 g/mol. The Morgan fingerprint density at radius 1 is 1.07 bits per heavy atom. The van der Waals surface area contributed by atoms with Crippen molar-refractivity contribution < 1.29 is 4.79 Å². The number of aromatic nitrogens is 3. The third-order valence-electron chi connectivity index (χ3n) is 5.56. The number of ketones is 1. The summed E-state index contributed by atoms with van der Waals surface area (Å²) >= 11 is 6.38. The van der Waals surface area contributed by atoms with Crippen LogP contribution in [0, 0.1) is 5.41 Å². The molecule has 2 aliphatic rings. The van der Waals surface area contributed by atoms with Crippen molar-refractivity contribution in [2.45, 2.75) is 32.7 Å². The van der Waals surface area contributed by atoms with Crippen molar-refractivity contribution in [2.75, 3.05) is 5.32 Å². The van der Waals surface area contributed by atoms with Crippen molar-refractivity contribution in [2.24, 2.45) is 5.41 Å². The first-order valence-corrected chi connectivity index (χ1v) is 10.1. The first kappa shape index (κ1) is 18.1. The van der Waals surface area contributed by atoms with Gasteiger partial charge >= 0.3 is 0 Å². The van der Waals surface area contributed by atoms with E-state index in [4.69, 9.17) is 21.7 Å². The lowest BCUT2D eigenvalue weighted by molar-refractivity contribution is -0.118. The molecule has 5 rings (SSSR count). The Morgan fingerprint density at radius 3 is 2.55 bits per heavy atom. The summed E-state index contributed by atoms with van der Waals surface area (Å²) in [5, 5.41) is 8.77. The second-order valence-corrected chi connectivity index (χ2v) is 8.86. The molecule has 146 valence electrons. The lowest BCUT2D eigenvalue weighted by atomic mass is 9.73. The predicted octanol–water partition coefficient (Wildman–Crippen LogP) is 5.26. The number of allylic oxidation sites excluding steroid dienone is 2. The number of carbonyl (C=O) groups excluding carboxylic acids is 1. The van der Waals surface area contributed by atoms with Crippen molar-refractivity contribution in [3.63, 3.8) is 0 Å². The molecule has 0 bridgehead atoms. The molecule has 3 aromatic rings.